The Morgan fingerprint density at radius 2 is 1.95 bits per heavy atom. The topological polar surface area (TPSA) is 68.5 Å². The second kappa shape index (κ2) is 6.99. The van der Waals surface area contributed by atoms with Crippen molar-refractivity contribution in [1.82, 2.24) is 3.53 Å². The Morgan fingerprint density at radius 3 is 2.29 bits per heavy atom. The van der Waals surface area contributed by atoms with E-state index in [0.29, 0.717) is 13.3 Å². The monoisotopic (exact) mass is 424 g/mol. The Morgan fingerprint density at radius 1 is 1.43 bits per heavy atom. The van der Waals surface area contributed by atoms with E-state index in [1.54, 1.807) is 20.8 Å². The summed E-state index contributed by atoms with van der Waals surface area (Å²) in [6, 6.07) is 0. The molecule has 1 aliphatic rings. The van der Waals surface area contributed by atoms with Gasteiger partial charge < -0.3 is 0 Å². The van der Waals surface area contributed by atoms with Gasteiger partial charge in [0.15, 0.2) is 0 Å². The number of hydrogen-bond donors (Lipinski definition) is 2. The van der Waals surface area contributed by atoms with Gasteiger partial charge in [0.05, 0.1) is 0 Å². The zero-order valence-electron chi connectivity index (χ0n) is 12.5. The fourth-order valence-corrected chi connectivity index (χ4v) is 3.79. The molecule has 1 heterocycles. The molecule has 0 bridgehead atoms. The van der Waals surface area contributed by atoms with E-state index in [9.17, 15) is 23.1 Å². The first-order valence-electron chi connectivity index (χ1n) is 6.88. The van der Waals surface area contributed by atoms with E-state index >= 15 is 0 Å². The average Bonchev–Trinajstić information content (AvgIpc) is 3.11. The van der Waals surface area contributed by atoms with Crippen LogP contribution in [0.4, 0.5) is 13.2 Å². The second-order valence-electron chi connectivity index (χ2n) is 5.84. The summed E-state index contributed by atoms with van der Waals surface area (Å²) in [5.74, 6) is -1.21. The van der Waals surface area contributed by atoms with Gasteiger partial charge >= 0.3 is 133 Å². The van der Waals surface area contributed by atoms with E-state index < -0.39 is 29.8 Å². The van der Waals surface area contributed by atoms with Gasteiger partial charge in [-0.3, -0.25) is 0 Å². The van der Waals surface area contributed by atoms with Crippen molar-refractivity contribution in [2.75, 3.05) is 0 Å². The predicted octanol–water partition coefficient (Wildman–Crippen LogP) is -0.783. The van der Waals surface area contributed by atoms with E-state index in [0.717, 1.165) is 0 Å². The molecule has 0 aliphatic carbocycles. The third-order valence-corrected chi connectivity index (χ3v) is 5.69. The molecule has 1 rings (SSSR count). The second-order valence-corrected chi connectivity index (χ2v) is 8.42. The summed E-state index contributed by atoms with van der Waals surface area (Å²) < 4.78 is 47.2. The third-order valence-electron chi connectivity index (χ3n) is 3.48. The van der Waals surface area contributed by atoms with Crippen LogP contribution in [0.15, 0.2) is 0 Å². The maximum absolute atomic E-state index is 13.0. The van der Waals surface area contributed by atoms with Crippen LogP contribution in [0, 0.1) is 11.8 Å². The van der Waals surface area contributed by atoms with E-state index in [-0.39, 0.29) is 37.9 Å². The molecule has 2 N–H and O–H groups in total. The minimum absolute atomic E-state index is 0.0399. The van der Waals surface area contributed by atoms with Gasteiger partial charge in [-0.05, 0) is 0 Å². The molecule has 0 aromatic rings. The molecule has 0 aromatic heterocycles. The van der Waals surface area contributed by atoms with Gasteiger partial charge in [-0.1, -0.05) is 0 Å². The summed E-state index contributed by atoms with van der Waals surface area (Å²) in [6.45, 7) is 5.91. The first kappa shape index (κ1) is 19.0. The number of carbonyl (C=O) groups is 1. The van der Waals surface area contributed by atoms with Crippen LogP contribution >= 0.6 is 0 Å². The van der Waals surface area contributed by atoms with Crippen LogP contribution in [0.25, 0.3) is 0 Å². The van der Waals surface area contributed by atoms with E-state index in [4.69, 9.17) is 4.74 Å². The number of carbonyl (C=O) groups excluding carboxylic acids is 1. The number of esters is 1. The number of hydrogen-bond acceptors (Lipinski definition) is 4. The summed E-state index contributed by atoms with van der Waals surface area (Å²) in [4.78, 5) is 12.1. The van der Waals surface area contributed by atoms with Crippen LogP contribution in [-0.4, -0.2) is 33.0 Å². The Balaban J connectivity index is 2.85. The molecule has 4 unspecified atom stereocenters. The van der Waals surface area contributed by atoms with Crippen molar-refractivity contribution in [1.29, 1.82) is 0 Å². The van der Waals surface area contributed by atoms with Gasteiger partial charge in [0.25, 0.3) is 0 Å². The normalized spacial score (nSPS) is 24.7. The molecule has 0 aromatic carbocycles. The van der Waals surface area contributed by atoms with Crippen molar-refractivity contribution in [3.63, 3.8) is 0 Å². The Hall–Kier alpha value is -0.0900. The molecular weight excluding hydrogens is 402 g/mol. The van der Waals surface area contributed by atoms with Gasteiger partial charge in [-0.25, -0.2) is 0 Å². The first-order chi connectivity index (χ1) is 9.50. The average molecular weight is 424 g/mol. The van der Waals surface area contributed by atoms with Gasteiger partial charge in [-0.2, -0.15) is 0 Å². The molecule has 1 aliphatic heterocycles. The standard InChI is InChI=1S/C13H22F3INO3/c1-5-8(10-17-18-10)11(19)21-9(6-7(2)3)12(4,20)13(14,15)16/h7-10,18,20H,5-6H2,1-4H3/q-1. The summed E-state index contributed by atoms with van der Waals surface area (Å²) in [7, 11) is 0. The molecule has 4 nitrogen and oxygen atoms in total. The van der Waals surface area contributed by atoms with Gasteiger partial charge in [0, 0.05) is 0 Å². The molecule has 21 heavy (non-hydrogen) atoms. The van der Waals surface area contributed by atoms with E-state index in [1.165, 1.54) is 0 Å². The molecule has 0 saturated carbocycles. The van der Waals surface area contributed by atoms with Gasteiger partial charge in [0.2, 0.25) is 0 Å². The van der Waals surface area contributed by atoms with Crippen molar-refractivity contribution < 1.29 is 49.3 Å². The number of nitrogens with one attached hydrogen (secondary N) is 1. The maximum atomic E-state index is 13.0. The Labute approximate surface area is 133 Å². The molecule has 126 valence electrons. The SMILES string of the molecule is CCC(C(=O)OC(CC(C)C)C(C)(O)C(F)(F)F)C1N[I-]1. The molecule has 0 spiro atoms. The fourth-order valence-electron chi connectivity index (χ4n) is 1.91. The van der Waals surface area contributed by atoms with E-state index in [1.807, 2.05) is 0 Å². The van der Waals surface area contributed by atoms with Crippen LogP contribution in [-0.2, 0) is 9.53 Å². The summed E-state index contributed by atoms with van der Waals surface area (Å²) in [5.41, 5.74) is -3.04. The summed E-state index contributed by atoms with van der Waals surface area (Å²) in [6.07, 6.45) is -5.96. The molecule has 1 saturated heterocycles. The van der Waals surface area contributed by atoms with Gasteiger partial charge in [0.1, 0.15) is 0 Å². The molecule has 8 heteroatoms. The number of alkyl halides is 4. The number of ether oxygens (including phenoxy) is 1. The molecule has 0 amide bonds. The number of halogens is 4. The van der Waals surface area contributed by atoms with Crippen molar-refractivity contribution in [3.8, 4) is 0 Å². The van der Waals surface area contributed by atoms with E-state index in [2.05, 4.69) is 3.53 Å². The van der Waals surface area contributed by atoms with Crippen LogP contribution in [0.5, 0.6) is 0 Å². The first-order valence-corrected chi connectivity index (χ1v) is 9.20. The molecular formula is C13H22F3INO3-. The third kappa shape index (κ3) is 4.95. The quantitative estimate of drug-likeness (QED) is 0.141. The summed E-state index contributed by atoms with van der Waals surface area (Å²) >= 11 is -0.237. The van der Waals surface area contributed by atoms with Gasteiger partial charge in [-0.15, -0.1) is 0 Å². The molecule has 0 radical (unpaired) electrons. The van der Waals surface area contributed by atoms with Crippen molar-refractivity contribution >= 4 is 5.97 Å². The predicted molar refractivity (Wildman–Crippen MR) is 66.7 cm³/mol. The Bertz CT molecular complexity index is 370. The van der Waals surface area contributed by atoms with Crippen LogP contribution < -0.4 is 25.0 Å². The van der Waals surface area contributed by atoms with Crippen molar-refractivity contribution in [2.45, 2.75) is 62.5 Å². The molecule has 4 atom stereocenters. The van der Waals surface area contributed by atoms with Crippen LogP contribution in [0.2, 0.25) is 0 Å². The minimum atomic E-state index is -4.85. The summed E-state index contributed by atoms with van der Waals surface area (Å²) in [5, 5.41) is 9.81. The van der Waals surface area contributed by atoms with Crippen molar-refractivity contribution in [2.24, 2.45) is 11.8 Å². The van der Waals surface area contributed by atoms with Crippen LogP contribution in [0.3, 0.4) is 0 Å². The zero-order valence-corrected chi connectivity index (χ0v) is 14.7. The fraction of sp³-hybridized carbons (Fsp3) is 0.923. The molecule has 1 fully saturated rings. The number of rotatable bonds is 7. The Kier molecular flexibility index (Phi) is 6.31. The number of aliphatic hydroxyl groups is 1. The zero-order chi connectivity index (χ0) is 16.4. The van der Waals surface area contributed by atoms with Crippen LogP contribution in [0.1, 0.15) is 40.5 Å². The van der Waals surface area contributed by atoms with Crippen molar-refractivity contribution in [3.05, 3.63) is 0 Å².